The van der Waals surface area contributed by atoms with Crippen LogP contribution in [0.4, 0.5) is 5.69 Å². The first-order chi connectivity index (χ1) is 16.0. The predicted octanol–water partition coefficient (Wildman–Crippen LogP) is 5.05. The van der Waals surface area contributed by atoms with Crippen molar-refractivity contribution in [3.8, 4) is 11.6 Å². The molecule has 0 atom stereocenters. The van der Waals surface area contributed by atoms with Gasteiger partial charge >= 0.3 is 5.97 Å². The smallest absolute Gasteiger partial charge is 0.339 e. The number of hydrogen-bond donors (Lipinski definition) is 1. The lowest BCUT2D eigenvalue weighted by molar-refractivity contribution is -0.113. The number of halogens is 1. The van der Waals surface area contributed by atoms with Crippen molar-refractivity contribution < 1.29 is 18.7 Å². The van der Waals surface area contributed by atoms with Crippen LogP contribution in [0, 0.1) is 0 Å². The highest BCUT2D eigenvalue weighted by atomic mass is 35.5. The highest BCUT2D eigenvalue weighted by Crippen LogP contribution is 2.31. The van der Waals surface area contributed by atoms with Gasteiger partial charge in [-0.3, -0.25) is 9.36 Å². The van der Waals surface area contributed by atoms with Crippen molar-refractivity contribution in [1.29, 1.82) is 0 Å². The first-order valence-corrected chi connectivity index (χ1v) is 11.2. The molecule has 0 aliphatic heterocycles. The quantitative estimate of drug-likeness (QED) is 0.213. The van der Waals surface area contributed by atoms with Gasteiger partial charge in [-0.05, 0) is 36.4 Å². The van der Waals surface area contributed by atoms with Crippen LogP contribution in [-0.4, -0.2) is 39.5 Å². The van der Waals surface area contributed by atoms with E-state index in [4.69, 9.17) is 20.8 Å². The van der Waals surface area contributed by atoms with Crippen LogP contribution in [0.5, 0.6) is 0 Å². The van der Waals surface area contributed by atoms with Gasteiger partial charge in [-0.25, -0.2) is 4.79 Å². The lowest BCUT2D eigenvalue weighted by Crippen LogP contribution is -2.17. The Hall–Kier alpha value is -3.56. The van der Waals surface area contributed by atoms with E-state index in [9.17, 15) is 9.59 Å². The fourth-order valence-corrected chi connectivity index (χ4v) is 4.12. The molecule has 33 heavy (non-hydrogen) atoms. The van der Waals surface area contributed by atoms with Crippen LogP contribution >= 0.6 is 23.4 Å². The summed E-state index contributed by atoms with van der Waals surface area (Å²) >= 11 is 7.28. The van der Waals surface area contributed by atoms with Crippen molar-refractivity contribution in [2.75, 3.05) is 18.2 Å². The van der Waals surface area contributed by atoms with Crippen LogP contribution in [0.2, 0.25) is 5.02 Å². The summed E-state index contributed by atoms with van der Waals surface area (Å²) < 4.78 is 12.5. The molecule has 4 aromatic rings. The number of rotatable bonds is 8. The number of hydrogen-bond acceptors (Lipinski definition) is 7. The summed E-state index contributed by atoms with van der Waals surface area (Å²) in [6.45, 7) is 4.22. The molecule has 2 aromatic heterocycles. The summed E-state index contributed by atoms with van der Waals surface area (Å²) in [4.78, 5) is 24.5. The fraction of sp³-hybridized carbons (Fsp3) is 0.130. The second-order valence-electron chi connectivity index (χ2n) is 6.87. The molecule has 0 spiro atoms. The number of amides is 1. The largest absolute Gasteiger partial charge is 0.465 e. The van der Waals surface area contributed by atoms with Gasteiger partial charge in [0.15, 0.2) is 10.9 Å². The summed E-state index contributed by atoms with van der Waals surface area (Å²) in [6.07, 6.45) is 1.71. The highest BCUT2D eigenvalue weighted by molar-refractivity contribution is 7.99. The number of benzene rings is 2. The van der Waals surface area contributed by atoms with Gasteiger partial charge in [0, 0.05) is 17.0 Å². The molecule has 0 saturated heterocycles. The van der Waals surface area contributed by atoms with Crippen LogP contribution in [0.1, 0.15) is 10.4 Å². The third-order valence-corrected chi connectivity index (χ3v) is 5.87. The Bertz CT molecular complexity index is 1350. The SMILES string of the molecule is C=CCn1c(SCC(=O)Nc2ccccc2C(=O)OC)nnc1-c1cc2cc(Cl)ccc2o1. The molecule has 1 amide bonds. The zero-order valence-corrected chi connectivity index (χ0v) is 19.2. The maximum atomic E-state index is 12.6. The minimum atomic E-state index is -0.527. The van der Waals surface area contributed by atoms with Gasteiger partial charge in [-0.2, -0.15) is 0 Å². The maximum absolute atomic E-state index is 12.6. The average Bonchev–Trinajstić information content (AvgIpc) is 3.41. The molecular formula is C23H19ClN4O4S. The Morgan fingerprint density at radius 1 is 1.24 bits per heavy atom. The first-order valence-electron chi connectivity index (χ1n) is 9.83. The molecular weight excluding hydrogens is 464 g/mol. The monoisotopic (exact) mass is 482 g/mol. The summed E-state index contributed by atoms with van der Waals surface area (Å²) in [5, 5.41) is 13.2. The van der Waals surface area contributed by atoms with Crippen LogP contribution in [0.25, 0.3) is 22.6 Å². The Labute approximate surface area is 198 Å². The number of esters is 1. The minimum absolute atomic E-state index is 0.0561. The molecule has 0 saturated carbocycles. The van der Waals surface area contributed by atoms with E-state index in [0.717, 1.165) is 5.39 Å². The van der Waals surface area contributed by atoms with E-state index in [-0.39, 0.29) is 17.2 Å². The van der Waals surface area contributed by atoms with E-state index in [1.165, 1.54) is 18.9 Å². The Balaban J connectivity index is 1.52. The van der Waals surface area contributed by atoms with Crippen LogP contribution < -0.4 is 5.32 Å². The Morgan fingerprint density at radius 3 is 2.85 bits per heavy atom. The van der Waals surface area contributed by atoms with E-state index < -0.39 is 5.97 Å². The molecule has 0 bridgehead atoms. The number of ether oxygens (including phenoxy) is 1. The lowest BCUT2D eigenvalue weighted by atomic mass is 10.2. The highest BCUT2D eigenvalue weighted by Gasteiger charge is 2.19. The zero-order valence-electron chi connectivity index (χ0n) is 17.6. The van der Waals surface area contributed by atoms with Gasteiger partial charge in [0.2, 0.25) is 11.7 Å². The van der Waals surface area contributed by atoms with Crippen molar-refractivity contribution in [3.63, 3.8) is 0 Å². The van der Waals surface area contributed by atoms with Crippen molar-refractivity contribution in [1.82, 2.24) is 14.8 Å². The van der Waals surface area contributed by atoms with Gasteiger partial charge in [-0.1, -0.05) is 41.6 Å². The topological polar surface area (TPSA) is 99.2 Å². The first kappa shape index (κ1) is 22.6. The molecule has 0 radical (unpaired) electrons. The number of anilines is 1. The molecule has 168 valence electrons. The number of methoxy groups -OCH3 is 1. The number of nitrogens with zero attached hydrogens (tertiary/aromatic N) is 3. The number of aromatic nitrogens is 3. The summed E-state index contributed by atoms with van der Waals surface area (Å²) in [5.74, 6) is 0.275. The minimum Gasteiger partial charge on any atom is -0.465 e. The summed E-state index contributed by atoms with van der Waals surface area (Å²) in [7, 11) is 1.29. The van der Waals surface area contributed by atoms with Crippen molar-refractivity contribution in [2.24, 2.45) is 0 Å². The fourth-order valence-electron chi connectivity index (χ4n) is 3.19. The number of carbonyl (C=O) groups is 2. The van der Waals surface area contributed by atoms with E-state index >= 15 is 0 Å². The number of thioether (sulfide) groups is 1. The van der Waals surface area contributed by atoms with Crippen LogP contribution in [0.15, 0.2) is 70.8 Å². The van der Waals surface area contributed by atoms with E-state index in [1.807, 2.05) is 16.7 Å². The third-order valence-electron chi connectivity index (χ3n) is 4.67. The molecule has 0 fully saturated rings. The van der Waals surface area contributed by atoms with Gasteiger partial charge < -0.3 is 14.5 Å². The average molecular weight is 483 g/mol. The van der Waals surface area contributed by atoms with E-state index in [0.29, 0.717) is 39.6 Å². The van der Waals surface area contributed by atoms with Crippen LogP contribution in [-0.2, 0) is 16.1 Å². The second-order valence-corrected chi connectivity index (χ2v) is 8.25. The third kappa shape index (κ3) is 4.94. The molecule has 2 aromatic carbocycles. The zero-order chi connectivity index (χ0) is 23.4. The molecule has 0 unspecified atom stereocenters. The molecule has 8 nitrogen and oxygen atoms in total. The van der Waals surface area contributed by atoms with Gasteiger partial charge in [0.05, 0.1) is 24.1 Å². The number of nitrogens with one attached hydrogen (secondary N) is 1. The van der Waals surface area contributed by atoms with Gasteiger partial charge in [0.25, 0.3) is 0 Å². The number of carbonyl (C=O) groups excluding carboxylic acids is 2. The maximum Gasteiger partial charge on any atom is 0.339 e. The summed E-state index contributed by atoms with van der Waals surface area (Å²) in [6, 6.07) is 13.8. The normalized spacial score (nSPS) is 10.8. The molecule has 4 rings (SSSR count). The number of allylic oxidation sites excluding steroid dienone is 1. The van der Waals surface area contributed by atoms with Crippen molar-refractivity contribution >= 4 is 51.9 Å². The molecule has 1 N–H and O–H groups in total. The molecule has 0 aliphatic rings. The van der Waals surface area contributed by atoms with Crippen molar-refractivity contribution in [2.45, 2.75) is 11.7 Å². The van der Waals surface area contributed by atoms with Crippen molar-refractivity contribution in [3.05, 3.63) is 71.8 Å². The Kier molecular flexibility index (Phi) is 6.81. The van der Waals surface area contributed by atoms with E-state index in [2.05, 4.69) is 22.1 Å². The second kappa shape index (κ2) is 9.93. The van der Waals surface area contributed by atoms with Gasteiger partial charge in [-0.15, -0.1) is 16.8 Å². The van der Waals surface area contributed by atoms with Gasteiger partial charge in [0.1, 0.15) is 5.58 Å². The standard InChI is InChI=1S/C23H19ClN4O4S/c1-3-10-28-21(19-12-14-11-15(24)8-9-18(14)32-19)26-27-23(28)33-13-20(29)25-17-7-5-4-6-16(17)22(30)31-2/h3-9,11-12H,1,10,13H2,2H3,(H,25,29). The molecule has 10 heteroatoms. The molecule has 0 aliphatic carbocycles. The lowest BCUT2D eigenvalue weighted by Gasteiger charge is -2.10. The molecule has 2 heterocycles. The summed E-state index contributed by atoms with van der Waals surface area (Å²) in [5.41, 5.74) is 1.34. The Morgan fingerprint density at radius 2 is 2.06 bits per heavy atom. The number of furan rings is 1. The predicted molar refractivity (Wildman–Crippen MR) is 128 cm³/mol. The van der Waals surface area contributed by atoms with E-state index in [1.54, 1.807) is 42.5 Å². The number of para-hydroxylation sites is 1. The van der Waals surface area contributed by atoms with Crippen LogP contribution in [0.3, 0.4) is 0 Å². The number of fused-ring (bicyclic) bond motifs is 1.